The van der Waals surface area contributed by atoms with Crippen molar-refractivity contribution in [1.29, 1.82) is 0 Å². The molecule has 2 fully saturated rings. The van der Waals surface area contributed by atoms with Gasteiger partial charge in [0.2, 0.25) is 5.91 Å². The highest BCUT2D eigenvalue weighted by molar-refractivity contribution is 5.85. The number of amides is 1. The topological polar surface area (TPSA) is 63.7 Å². The first-order valence-corrected chi connectivity index (χ1v) is 11.0. The summed E-state index contributed by atoms with van der Waals surface area (Å²) in [6, 6.07) is 10.5. The molecule has 2 heterocycles. The molecule has 0 radical (unpaired) electrons. The minimum absolute atomic E-state index is 0.0190. The molecule has 0 aliphatic carbocycles. The molecule has 166 valence electrons. The molecule has 3 rings (SSSR count). The van der Waals surface area contributed by atoms with E-state index in [9.17, 15) is 4.79 Å². The third-order valence-corrected chi connectivity index (χ3v) is 5.60. The highest BCUT2D eigenvalue weighted by Gasteiger charge is 2.20. The van der Waals surface area contributed by atoms with Crippen molar-refractivity contribution in [3.05, 3.63) is 30.3 Å². The van der Waals surface area contributed by atoms with Crippen LogP contribution in [0.15, 0.2) is 35.3 Å². The van der Waals surface area contributed by atoms with E-state index in [1.807, 2.05) is 6.07 Å². The molecule has 1 aromatic rings. The van der Waals surface area contributed by atoms with Crippen molar-refractivity contribution in [3.8, 4) is 0 Å². The number of piperazine rings is 1. The fourth-order valence-electron chi connectivity index (χ4n) is 3.69. The van der Waals surface area contributed by atoms with Crippen LogP contribution < -0.4 is 10.2 Å². The summed E-state index contributed by atoms with van der Waals surface area (Å²) >= 11 is 0. The van der Waals surface area contributed by atoms with Crippen LogP contribution >= 0.6 is 0 Å². The first-order valence-electron chi connectivity index (χ1n) is 11.0. The SMILES string of the molecule is CN(C)C(=O)CN=C(NCCCN1CCOCC1)N1CCN(c2ccccc2)CC1. The van der Waals surface area contributed by atoms with Crippen molar-refractivity contribution in [2.45, 2.75) is 6.42 Å². The van der Waals surface area contributed by atoms with Crippen LogP contribution in [0.2, 0.25) is 0 Å². The molecule has 2 aliphatic heterocycles. The van der Waals surface area contributed by atoms with Crippen LogP contribution in [-0.2, 0) is 9.53 Å². The highest BCUT2D eigenvalue weighted by atomic mass is 16.5. The van der Waals surface area contributed by atoms with Crippen molar-refractivity contribution in [2.24, 2.45) is 4.99 Å². The number of likely N-dealkylation sites (N-methyl/N-ethyl adjacent to an activating group) is 1. The van der Waals surface area contributed by atoms with E-state index in [1.165, 1.54) is 5.69 Å². The molecule has 1 amide bonds. The monoisotopic (exact) mass is 416 g/mol. The van der Waals surface area contributed by atoms with Gasteiger partial charge in [-0.2, -0.15) is 0 Å². The molecule has 1 N–H and O–H groups in total. The smallest absolute Gasteiger partial charge is 0.243 e. The third kappa shape index (κ3) is 6.88. The van der Waals surface area contributed by atoms with Gasteiger partial charge in [-0.3, -0.25) is 9.69 Å². The molecule has 0 unspecified atom stereocenters. The van der Waals surface area contributed by atoms with Crippen molar-refractivity contribution in [2.75, 3.05) is 91.1 Å². The second-order valence-corrected chi connectivity index (χ2v) is 7.97. The van der Waals surface area contributed by atoms with E-state index in [2.05, 4.69) is 49.3 Å². The molecule has 1 aromatic carbocycles. The molecule has 0 atom stereocenters. The minimum atomic E-state index is 0.0190. The summed E-state index contributed by atoms with van der Waals surface area (Å²) in [5.41, 5.74) is 1.26. The number of aliphatic imine (C=N–C) groups is 1. The van der Waals surface area contributed by atoms with E-state index in [4.69, 9.17) is 4.74 Å². The number of hydrogen-bond acceptors (Lipinski definition) is 5. The Morgan fingerprint density at radius 3 is 2.43 bits per heavy atom. The molecule has 2 aliphatic rings. The van der Waals surface area contributed by atoms with Crippen LogP contribution in [0.5, 0.6) is 0 Å². The molecular formula is C22H36N6O2. The number of carbonyl (C=O) groups excluding carboxylic acids is 1. The first kappa shape index (κ1) is 22.4. The van der Waals surface area contributed by atoms with Gasteiger partial charge in [0, 0.05) is 65.6 Å². The summed E-state index contributed by atoms with van der Waals surface area (Å²) in [7, 11) is 3.54. The minimum Gasteiger partial charge on any atom is -0.379 e. The van der Waals surface area contributed by atoms with Gasteiger partial charge in [-0.15, -0.1) is 0 Å². The van der Waals surface area contributed by atoms with Gasteiger partial charge in [0.05, 0.1) is 13.2 Å². The quantitative estimate of drug-likeness (QED) is 0.398. The second kappa shape index (κ2) is 11.8. The van der Waals surface area contributed by atoms with E-state index in [-0.39, 0.29) is 12.5 Å². The number of nitrogens with one attached hydrogen (secondary N) is 1. The Balaban J connectivity index is 1.51. The Bertz CT molecular complexity index is 667. The Hall–Kier alpha value is -2.32. The third-order valence-electron chi connectivity index (χ3n) is 5.60. The largest absolute Gasteiger partial charge is 0.379 e. The molecule has 8 heteroatoms. The molecule has 0 aromatic heterocycles. The summed E-state index contributed by atoms with van der Waals surface area (Å²) < 4.78 is 5.41. The average molecular weight is 417 g/mol. The number of para-hydroxylation sites is 1. The van der Waals surface area contributed by atoms with E-state index < -0.39 is 0 Å². The maximum atomic E-state index is 12.0. The van der Waals surface area contributed by atoms with E-state index in [1.54, 1.807) is 19.0 Å². The molecule has 0 bridgehead atoms. The van der Waals surface area contributed by atoms with Gasteiger partial charge in [-0.1, -0.05) is 18.2 Å². The molecule has 2 saturated heterocycles. The zero-order valence-corrected chi connectivity index (χ0v) is 18.4. The number of morpholine rings is 1. The lowest BCUT2D eigenvalue weighted by molar-refractivity contribution is -0.127. The average Bonchev–Trinajstić information content (AvgIpc) is 2.79. The standard InChI is InChI=1S/C22H36N6O2/c1-25(2)21(29)19-24-22(23-9-6-10-26-15-17-30-18-16-26)28-13-11-27(12-14-28)20-7-4-3-5-8-20/h3-5,7-8H,6,9-19H2,1-2H3,(H,23,24). The fraction of sp³-hybridized carbons (Fsp3) is 0.636. The van der Waals surface area contributed by atoms with Gasteiger partial charge in [-0.25, -0.2) is 4.99 Å². The van der Waals surface area contributed by atoms with Gasteiger partial charge < -0.3 is 24.8 Å². The number of rotatable bonds is 7. The van der Waals surface area contributed by atoms with Gasteiger partial charge in [0.25, 0.3) is 0 Å². The van der Waals surface area contributed by atoms with Crippen molar-refractivity contribution in [3.63, 3.8) is 0 Å². The Morgan fingerprint density at radius 1 is 1.07 bits per heavy atom. The molecule has 0 saturated carbocycles. The fourth-order valence-corrected chi connectivity index (χ4v) is 3.69. The van der Waals surface area contributed by atoms with Crippen LogP contribution in [0.25, 0.3) is 0 Å². The maximum Gasteiger partial charge on any atom is 0.243 e. The van der Waals surface area contributed by atoms with Crippen LogP contribution in [-0.4, -0.2) is 113 Å². The lowest BCUT2D eigenvalue weighted by Gasteiger charge is -2.38. The number of nitrogens with zero attached hydrogens (tertiary/aromatic N) is 5. The highest BCUT2D eigenvalue weighted by Crippen LogP contribution is 2.15. The van der Waals surface area contributed by atoms with E-state index in [0.29, 0.717) is 0 Å². The predicted molar refractivity (Wildman–Crippen MR) is 121 cm³/mol. The first-order chi connectivity index (χ1) is 14.6. The maximum absolute atomic E-state index is 12.0. The number of carbonyl (C=O) groups is 1. The number of benzene rings is 1. The molecule has 8 nitrogen and oxygen atoms in total. The van der Waals surface area contributed by atoms with Crippen LogP contribution in [0, 0.1) is 0 Å². The van der Waals surface area contributed by atoms with Crippen LogP contribution in [0.3, 0.4) is 0 Å². The molecule has 0 spiro atoms. The van der Waals surface area contributed by atoms with Crippen molar-refractivity contribution < 1.29 is 9.53 Å². The lowest BCUT2D eigenvalue weighted by atomic mass is 10.2. The van der Waals surface area contributed by atoms with Crippen molar-refractivity contribution >= 4 is 17.6 Å². The number of hydrogen-bond donors (Lipinski definition) is 1. The van der Waals surface area contributed by atoms with Gasteiger partial charge in [-0.05, 0) is 25.1 Å². The van der Waals surface area contributed by atoms with E-state index in [0.717, 1.165) is 78.0 Å². The van der Waals surface area contributed by atoms with Crippen LogP contribution in [0.4, 0.5) is 5.69 Å². The molecular weight excluding hydrogens is 380 g/mol. The lowest BCUT2D eigenvalue weighted by Crippen LogP contribution is -2.53. The summed E-state index contributed by atoms with van der Waals surface area (Å²) in [5, 5.41) is 3.51. The summed E-state index contributed by atoms with van der Waals surface area (Å²) in [6.07, 6.45) is 1.05. The second-order valence-electron chi connectivity index (χ2n) is 7.97. The molecule has 30 heavy (non-hydrogen) atoms. The summed E-state index contributed by atoms with van der Waals surface area (Å²) in [4.78, 5) is 25.4. The van der Waals surface area contributed by atoms with Crippen molar-refractivity contribution in [1.82, 2.24) is 20.0 Å². The van der Waals surface area contributed by atoms with Crippen LogP contribution in [0.1, 0.15) is 6.42 Å². The summed E-state index contributed by atoms with van der Waals surface area (Å²) in [6.45, 7) is 9.45. The zero-order chi connectivity index (χ0) is 21.2. The Morgan fingerprint density at radius 2 is 1.77 bits per heavy atom. The Labute approximate surface area is 180 Å². The number of anilines is 1. The zero-order valence-electron chi connectivity index (χ0n) is 18.4. The predicted octanol–water partition coefficient (Wildman–Crippen LogP) is 0.565. The van der Waals surface area contributed by atoms with E-state index >= 15 is 0 Å². The summed E-state index contributed by atoms with van der Waals surface area (Å²) in [5.74, 6) is 0.866. The number of ether oxygens (including phenoxy) is 1. The Kier molecular flexibility index (Phi) is 8.77. The van der Waals surface area contributed by atoms with Gasteiger partial charge in [0.15, 0.2) is 5.96 Å². The van der Waals surface area contributed by atoms with Gasteiger partial charge >= 0.3 is 0 Å². The number of guanidine groups is 1. The van der Waals surface area contributed by atoms with Gasteiger partial charge in [0.1, 0.15) is 6.54 Å². The normalized spacial score (nSPS) is 18.4.